The van der Waals surface area contributed by atoms with E-state index < -0.39 is 10.0 Å². The zero-order chi connectivity index (χ0) is 22.6. The topological polar surface area (TPSA) is 93.1 Å². The molecular weight excluding hydrogens is 412 g/mol. The lowest BCUT2D eigenvalue weighted by Gasteiger charge is -2.06. The molecule has 0 aliphatic heterocycles. The Hall–Kier alpha value is -3.39. The van der Waals surface area contributed by atoms with Crippen molar-refractivity contribution in [3.63, 3.8) is 0 Å². The quantitative estimate of drug-likeness (QED) is 0.548. The fraction of sp³-hybridized carbons (Fsp3) is 0.217. The summed E-state index contributed by atoms with van der Waals surface area (Å²) in [5.41, 5.74) is 6.13. The van der Waals surface area contributed by atoms with E-state index in [2.05, 4.69) is 46.3 Å². The molecule has 1 heterocycles. The second-order valence-corrected chi connectivity index (χ2v) is 9.25. The first-order valence-electron chi connectivity index (χ1n) is 9.77. The van der Waals surface area contributed by atoms with Crippen LogP contribution in [0.5, 0.6) is 0 Å². The first-order chi connectivity index (χ1) is 14.6. The number of nitrogens with zero attached hydrogens (tertiary/aromatic N) is 2. The highest BCUT2D eigenvalue weighted by molar-refractivity contribution is 7.92. The Labute approximate surface area is 182 Å². The molecule has 8 heteroatoms. The maximum absolute atomic E-state index is 12.3. The summed E-state index contributed by atoms with van der Waals surface area (Å²) in [6, 6.07) is 14.8. The van der Waals surface area contributed by atoms with Gasteiger partial charge in [-0.1, -0.05) is 29.8 Å². The molecule has 0 unspecified atom stereocenters. The summed E-state index contributed by atoms with van der Waals surface area (Å²) in [4.78, 5) is 12.3. The molecule has 0 aliphatic rings. The summed E-state index contributed by atoms with van der Waals surface area (Å²) in [5.74, 6) is -0.283. The summed E-state index contributed by atoms with van der Waals surface area (Å²) in [6.07, 6.45) is 4.31. The monoisotopic (exact) mass is 438 g/mol. The van der Waals surface area contributed by atoms with E-state index >= 15 is 0 Å². The number of aryl methyl sites for hydroxylation is 2. The van der Waals surface area contributed by atoms with Crippen molar-refractivity contribution in [2.24, 2.45) is 0 Å². The molecule has 1 amide bonds. The molecule has 0 bridgehead atoms. The number of sulfonamides is 1. The third-order valence-electron chi connectivity index (χ3n) is 4.75. The smallest absolute Gasteiger partial charge is 0.248 e. The summed E-state index contributed by atoms with van der Waals surface area (Å²) >= 11 is 0. The van der Waals surface area contributed by atoms with Crippen molar-refractivity contribution < 1.29 is 13.2 Å². The average Bonchev–Trinajstić information content (AvgIpc) is 2.95. The predicted octanol–water partition coefficient (Wildman–Crippen LogP) is 3.88. The molecule has 0 aliphatic carbocycles. The lowest BCUT2D eigenvalue weighted by Crippen LogP contribution is -2.10. The van der Waals surface area contributed by atoms with Gasteiger partial charge in [-0.15, -0.1) is 0 Å². The number of carbonyl (C=O) groups excluding carboxylic acids is 1. The van der Waals surface area contributed by atoms with Crippen molar-refractivity contribution in [3.8, 4) is 0 Å². The second kappa shape index (κ2) is 9.18. The molecule has 162 valence electrons. The number of rotatable bonds is 7. The van der Waals surface area contributed by atoms with Gasteiger partial charge in [-0.3, -0.25) is 14.2 Å². The van der Waals surface area contributed by atoms with Crippen LogP contribution in [0.3, 0.4) is 0 Å². The Morgan fingerprint density at radius 2 is 1.61 bits per heavy atom. The van der Waals surface area contributed by atoms with Crippen LogP contribution in [-0.2, 0) is 21.4 Å². The summed E-state index contributed by atoms with van der Waals surface area (Å²) in [5, 5.41) is 7.37. The van der Waals surface area contributed by atoms with Crippen molar-refractivity contribution >= 4 is 33.4 Å². The van der Waals surface area contributed by atoms with E-state index in [0.29, 0.717) is 17.9 Å². The lowest BCUT2D eigenvalue weighted by molar-refractivity contribution is -0.111. The summed E-state index contributed by atoms with van der Waals surface area (Å²) in [7, 11) is -3.34. The van der Waals surface area contributed by atoms with Gasteiger partial charge >= 0.3 is 0 Å². The van der Waals surface area contributed by atoms with Crippen LogP contribution in [0.25, 0.3) is 6.08 Å². The highest BCUT2D eigenvalue weighted by atomic mass is 32.2. The lowest BCUT2D eigenvalue weighted by atomic mass is 10.1. The van der Waals surface area contributed by atoms with Crippen LogP contribution in [-0.4, -0.2) is 30.4 Å². The Morgan fingerprint density at radius 3 is 2.23 bits per heavy atom. The van der Waals surface area contributed by atoms with Crippen LogP contribution in [0, 0.1) is 20.8 Å². The maximum Gasteiger partial charge on any atom is 0.248 e. The largest absolute Gasteiger partial charge is 0.323 e. The molecule has 0 radical (unpaired) electrons. The van der Waals surface area contributed by atoms with Crippen LogP contribution in [0.1, 0.15) is 28.1 Å². The fourth-order valence-corrected chi connectivity index (χ4v) is 3.72. The summed E-state index contributed by atoms with van der Waals surface area (Å²) < 4.78 is 26.8. The van der Waals surface area contributed by atoms with Crippen LogP contribution >= 0.6 is 0 Å². The van der Waals surface area contributed by atoms with E-state index in [9.17, 15) is 13.2 Å². The molecule has 2 N–H and O–H groups in total. The number of hydrogen-bond acceptors (Lipinski definition) is 4. The van der Waals surface area contributed by atoms with E-state index in [1.165, 1.54) is 17.2 Å². The highest BCUT2D eigenvalue weighted by Crippen LogP contribution is 2.18. The number of carbonyl (C=O) groups is 1. The molecule has 31 heavy (non-hydrogen) atoms. The molecule has 3 aromatic rings. The van der Waals surface area contributed by atoms with E-state index in [0.717, 1.165) is 23.2 Å². The molecule has 0 fully saturated rings. The van der Waals surface area contributed by atoms with Crippen LogP contribution in [0.4, 0.5) is 11.4 Å². The Balaban J connectivity index is 1.66. The molecule has 0 saturated heterocycles. The normalized spacial score (nSPS) is 11.6. The molecular formula is C23H26N4O3S. The molecule has 0 saturated carbocycles. The van der Waals surface area contributed by atoms with Crippen molar-refractivity contribution in [2.45, 2.75) is 27.3 Å². The van der Waals surface area contributed by atoms with Crippen LogP contribution in [0.15, 0.2) is 54.6 Å². The number of amides is 1. The van der Waals surface area contributed by atoms with Gasteiger partial charge in [0.05, 0.1) is 18.5 Å². The maximum atomic E-state index is 12.3. The first kappa shape index (κ1) is 22.3. The second-order valence-electron chi connectivity index (χ2n) is 7.50. The zero-order valence-corrected chi connectivity index (χ0v) is 18.8. The van der Waals surface area contributed by atoms with Gasteiger partial charge < -0.3 is 5.32 Å². The number of nitrogens with one attached hydrogen (secondary N) is 2. The molecule has 0 atom stereocenters. The molecule has 1 aromatic heterocycles. The van der Waals surface area contributed by atoms with E-state index in [-0.39, 0.29) is 5.91 Å². The van der Waals surface area contributed by atoms with Gasteiger partial charge in [0.1, 0.15) is 0 Å². The van der Waals surface area contributed by atoms with Gasteiger partial charge in [0, 0.05) is 28.7 Å². The molecule has 3 rings (SSSR count). The minimum absolute atomic E-state index is 0.283. The Morgan fingerprint density at radius 1 is 1.00 bits per heavy atom. The third-order valence-corrected chi connectivity index (χ3v) is 5.35. The Bertz CT molecular complexity index is 1210. The van der Waals surface area contributed by atoms with E-state index in [4.69, 9.17) is 0 Å². The van der Waals surface area contributed by atoms with Crippen molar-refractivity contribution in [1.29, 1.82) is 0 Å². The number of benzene rings is 2. The summed E-state index contributed by atoms with van der Waals surface area (Å²) in [6.45, 7) is 6.63. The van der Waals surface area contributed by atoms with Crippen LogP contribution in [0.2, 0.25) is 0 Å². The number of anilines is 2. The average molecular weight is 439 g/mol. The zero-order valence-electron chi connectivity index (χ0n) is 18.0. The standard InChI is InChI=1S/C23H26N4O3S/c1-16-5-7-19(8-6-16)15-27-18(3)22(17(2)25-27)13-14-23(28)24-20-9-11-21(12-10-20)26-31(4,29)30/h5-14,26H,15H2,1-4H3,(H,24,28)/b14-13+. The van der Waals surface area contributed by atoms with Crippen molar-refractivity contribution in [3.05, 3.63) is 82.7 Å². The minimum Gasteiger partial charge on any atom is -0.323 e. The van der Waals surface area contributed by atoms with Gasteiger partial charge in [0.15, 0.2) is 0 Å². The van der Waals surface area contributed by atoms with Gasteiger partial charge in [0.2, 0.25) is 15.9 Å². The number of hydrogen-bond donors (Lipinski definition) is 2. The third kappa shape index (κ3) is 6.29. The van der Waals surface area contributed by atoms with E-state index in [1.54, 1.807) is 30.3 Å². The van der Waals surface area contributed by atoms with Gasteiger partial charge in [-0.25, -0.2) is 8.42 Å². The van der Waals surface area contributed by atoms with E-state index in [1.807, 2.05) is 18.5 Å². The fourth-order valence-electron chi connectivity index (χ4n) is 3.15. The van der Waals surface area contributed by atoms with Crippen molar-refractivity contribution in [1.82, 2.24) is 9.78 Å². The van der Waals surface area contributed by atoms with Gasteiger partial charge in [-0.05, 0) is 56.7 Å². The van der Waals surface area contributed by atoms with Gasteiger partial charge in [0.25, 0.3) is 0 Å². The molecule has 7 nitrogen and oxygen atoms in total. The van der Waals surface area contributed by atoms with Crippen molar-refractivity contribution in [2.75, 3.05) is 16.3 Å². The molecule has 2 aromatic carbocycles. The number of aromatic nitrogens is 2. The first-order valence-corrected chi connectivity index (χ1v) is 11.7. The van der Waals surface area contributed by atoms with Gasteiger partial charge in [-0.2, -0.15) is 5.10 Å². The SMILES string of the molecule is Cc1ccc(Cn2nc(C)c(/C=C/C(=O)Nc3ccc(NS(C)(=O)=O)cc3)c2C)cc1. The minimum atomic E-state index is -3.34. The Kier molecular flexibility index (Phi) is 6.60. The van der Waals surface area contributed by atoms with Crippen LogP contribution < -0.4 is 10.0 Å². The highest BCUT2D eigenvalue weighted by Gasteiger charge is 2.10. The predicted molar refractivity (Wildman–Crippen MR) is 125 cm³/mol. The molecule has 0 spiro atoms.